The van der Waals surface area contributed by atoms with E-state index in [-0.39, 0.29) is 23.2 Å². The van der Waals surface area contributed by atoms with Crippen LogP contribution in [0.1, 0.15) is 28.9 Å². The molecule has 0 amide bonds. The second-order valence-corrected chi connectivity index (χ2v) is 4.96. The van der Waals surface area contributed by atoms with Crippen molar-refractivity contribution in [1.82, 2.24) is 4.37 Å². The predicted octanol–water partition coefficient (Wildman–Crippen LogP) is 2.82. The third-order valence-electron chi connectivity index (χ3n) is 2.80. The van der Waals surface area contributed by atoms with E-state index >= 15 is 0 Å². The van der Waals surface area contributed by atoms with Gasteiger partial charge in [0.15, 0.2) is 5.82 Å². The number of hydrogen-bond acceptors (Lipinski definition) is 6. The second kappa shape index (κ2) is 5.87. The Balaban J connectivity index is 2.24. The van der Waals surface area contributed by atoms with Crippen molar-refractivity contribution in [3.8, 4) is 0 Å². The Labute approximate surface area is 119 Å². The van der Waals surface area contributed by atoms with Crippen LogP contribution in [0.25, 0.3) is 0 Å². The molecule has 2 rings (SSSR count). The zero-order valence-corrected chi connectivity index (χ0v) is 11.8. The highest BCUT2D eigenvalue weighted by molar-refractivity contribution is 7.11. The van der Waals surface area contributed by atoms with Crippen LogP contribution >= 0.6 is 11.5 Å². The number of ether oxygens (including phenoxy) is 1. The van der Waals surface area contributed by atoms with Crippen LogP contribution in [0.5, 0.6) is 0 Å². The lowest BCUT2D eigenvalue weighted by Crippen LogP contribution is -2.11. The number of carbonyl (C=O) groups excluding carboxylic acids is 1. The van der Waals surface area contributed by atoms with Crippen LogP contribution in [0.15, 0.2) is 24.3 Å². The van der Waals surface area contributed by atoms with Crippen molar-refractivity contribution in [2.24, 2.45) is 0 Å². The van der Waals surface area contributed by atoms with Crippen molar-refractivity contribution >= 4 is 28.3 Å². The van der Waals surface area contributed by atoms with Gasteiger partial charge in [0, 0.05) is 6.04 Å². The van der Waals surface area contributed by atoms with E-state index in [9.17, 15) is 9.18 Å². The fourth-order valence-electron chi connectivity index (χ4n) is 1.76. The molecular weight excluding hydrogens is 281 g/mol. The summed E-state index contributed by atoms with van der Waals surface area (Å²) >= 11 is 1.07. The van der Waals surface area contributed by atoms with Gasteiger partial charge in [0.1, 0.15) is 16.4 Å². The molecule has 0 aliphatic heterocycles. The molecule has 0 spiro atoms. The zero-order chi connectivity index (χ0) is 14.7. The van der Waals surface area contributed by atoms with E-state index in [4.69, 9.17) is 5.73 Å². The van der Waals surface area contributed by atoms with Gasteiger partial charge >= 0.3 is 5.97 Å². The van der Waals surface area contributed by atoms with Crippen molar-refractivity contribution in [3.63, 3.8) is 0 Å². The first kappa shape index (κ1) is 14.3. The zero-order valence-electron chi connectivity index (χ0n) is 11.0. The maximum atomic E-state index is 13.2. The van der Waals surface area contributed by atoms with Crippen LogP contribution < -0.4 is 11.1 Å². The van der Waals surface area contributed by atoms with Crippen LogP contribution in [-0.4, -0.2) is 17.5 Å². The molecule has 0 aliphatic rings. The number of rotatable bonds is 4. The summed E-state index contributed by atoms with van der Waals surface area (Å²) < 4.78 is 21.8. The lowest BCUT2D eigenvalue weighted by Gasteiger charge is -2.15. The Kier molecular flexibility index (Phi) is 4.19. The number of halogens is 1. The molecule has 106 valence electrons. The van der Waals surface area contributed by atoms with Gasteiger partial charge in [-0.2, -0.15) is 4.37 Å². The number of nitrogens with two attached hydrogens (primary N) is 1. The molecule has 0 saturated carbocycles. The van der Waals surface area contributed by atoms with E-state index in [0.717, 1.165) is 17.1 Å². The molecule has 0 saturated heterocycles. The van der Waals surface area contributed by atoms with Gasteiger partial charge in [0.05, 0.1) is 7.11 Å². The van der Waals surface area contributed by atoms with Crippen LogP contribution in [0.2, 0.25) is 0 Å². The predicted molar refractivity (Wildman–Crippen MR) is 76.3 cm³/mol. The Morgan fingerprint density at radius 1 is 1.55 bits per heavy atom. The number of carbonyl (C=O) groups is 1. The normalized spacial score (nSPS) is 11.9. The molecule has 1 aromatic heterocycles. The van der Waals surface area contributed by atoms with Crippen molar-refractivity contribution in [2.75, 3.05) is 18.2 Å². The van der Waals surface area contributed by atoms with Gasteiger partial charge in [-0.15, -0.1) is 0 Å². The fourth-order valence-corrected chi connectivity index (χ4v) is 2.55. The molecule has 7 heteroatoms. The SMILES string of the molecule is COC(=O)c1c(N)nsc1NC(C)c1cccc(F)c1. The lowest BCUT2D eigenvalue weighted by atomic mass is 10.1. The standard InChI is InChI=1S/C13H14FN3O2S/c1-7(8-4-3-5-9(14)6-8)16-12-10(13(18)19-2)11(15)17-20-12/h3-7,16H,1-2H3,(H2,15,17). The molecule has 0 aliphatic carbocycles. The minimum absolute atomic E-state index is 0.121. The number of esters is 1. The van der Waals surface area contributed by atoms with E-state index < -0.39 is 5.97 Å². The molecule has 0 fully saturated rings. The first-order valence-corrected chi connectivity index (χ1v) is 6.65. The number of anilines is 2. The summed E-state index contributed by atoms with van der Waals surface area (Å²) in [5.41, 5.74) is 6.62. The molecule has 1 aromatic carbocycles. The van der Waals surface area contributed by atoms with Gasteiger partial charge in [-0.05, 0) is 36.2 Å². The Bertz CT molecular complexity index is 630. The van der Waals surface area contributed by atoms with Gasteiger partial charge in [-0.25, -0.2) is 9.18 Å². The van der Waals surface area contributed by atoms with Crippen molar-refractivity contribution in [2.45, 2.75) is 13.0 Å². The molecule has 20 heavy (non-hydrogen) atoms. The minimum atomic E-state index is -0.551. The monoisotopic (exact) mass is 295 g/mol. The molecular formula is C13H14FN3O2S. The molecule has 3 N–H and O–H groups in total. The van der Waals surface area contributed by atoms with Crippen LogP contribution in [0.3, 0.4) is 0 Å². The molecule has 1 unspecified atom stereocenters. The average molecular weight is 295 g/mol. The largest absolute Gasteiger partial charge is 0.465 e. The molecule has 5 nitrogen and oxygen atoms in total. The molecule has 0 radical (unpaired) electrons. The topological polar surface area (TPSA) is 77.2 Å². The second-order valence-electron chi connectivity index (χ2n) is 4.18. The summed E-state index contributed by atoms with van der Waals surface area (Å²) in [5, 5.41) is 3.60. The summed E-state index contributed by atoms with van der Waals surface area (Å²) in [7, 11) is 1.28. The summed E-state index contributed by atoms with van der Waals surface area (Å²) in [6.07, 6.45) is 0. The van der Waals surface area contributed by atoms with Crippen LogP contribution in [-0.2, 0) is 4.74 Å². The highest BCUT2D eigenvalue weighted by Gasteiger charge is 2.21. The summed E-state index contributed by atoms with van der Waals surface area (Å²) in [6, 6.07) is 6.03. The number of methoxy groups -OCH3 is 1. The molecule has 1 heterocycles. The number of nitrogen functional groups attached to an aromatic ring is 1. The minimum Gasteiger partial charge on any atom is -0.465 e. The number of nitrogens with one attached hydrogen (secondary N) is 1. The Morgan fingerprint density at radius 2 is 2.30 bits per heavy atom. The lowest BCUT2D eigenvalue weighted by molar-refractivity contribution is 0.0603. The summed E-state index contributed by atoms with van der Waals surface area (Å²) in [5.74, 6) is -0.742. The fraction of sp³-hybridized carbons (Fsp3) is 0.231. The maximum absolute atomic E-state index is 13.2. The quantitative estimate of drug-likeness (QED) is 0.848. The average Bonchev–Trinajstić information content (AvgIpc) is 2.79. The van der Waals surface area contributed by atoms with E-state index in [1.54, 1.807) is 12.1 Å². The highest BCUT2D eigenvalue weighted by Crippen LogP contribution is 2.30. The van der Waals surface area contributed by atoms with Gasteiger partial charge in [-0.1, -0.05) is 12.1 Å². The Morgan fingerprint density at radius 3 is 2.95 bits per heavy atom. The maximum Gasteiger partial charge on any atom is 0.344 e. The van der Waals surface area contributed by atoms with Crippen LogP contribution in [0, 0.1) is 5.82 Å². The van der Waals surface area contributed by atoms with E-state index in [0.29, 0.717) is 5.00 Å². The number of benzene rings is 1. The van der Waals surface area contributed by atoms with E-state index in [1.807, 2.05) is 6.92 Å². The molecule has 0 bridgehead atoms. The smallest absolute Gasteiger partial charge is 0.344 e. The first-order chi connectivity index (χ1) is 9.52. The van der Waals surface area contributed by atoms with Gasteiger partial charge in [0.25, 0.3) is 0 Å². The third kappa shape index (κ3) is 2.88. The molecule has 1 atom stereocenters. The van der Waals surface area contributed by atoms with Gasteiger partial charge in [-0.3, -0.25) is 0 Å². The number of hydrogen-bond donors (Lipinski definition) is 2. The van der Waals surface area contributed by atoms with Gasteiger partial charge in [0.2, 0.25) is 0 Å². The summed E-state index contributed by atoms with van der Waals surface area (Å²) in [4.78, 5) is 11.7. The third-order valence-corrected chi connectivity index (χ3v) is 3.60. The van der Waals surface area contributed by atoms with E-state index in [1.165, 1.54) is 19.2 Å². The molecule has 2 aromatic rings. The van der Waals surface area contributed by atoms with Crippen molar-refractivity contribution in [1.29, 1.82) is 0 Å². The van der Waals surface area contributed by atoms with Gasteiger partial charge < -0.3 is 15.8 Å². The van der Waals surface area contributed by atoms with Crippen molar-refractivity contribution in [3.05, 3.63) is 41.2 Å². The van der Waals surface area contributed by atoms with E-state index in [2.05, 4.69) is 14.4 Å². The summed E-state index contributed by atoms with van der Waals surface area (Å²) in [6.45, 7) is 1.85. The Hall–Kier alpha value is -2.15. The van der Waals surface area contributed by atoms with Crippen LogP contribution in [0.4, 0.5) is 15.2 Å². The van der Waals surface area contributed by atoms with Crippen molar-refractivity contribution < 1.29 is 13.9 Å². The highest BCUT2D eigenvalue weighted by atomic mass is 32.1. The first-order valence-electron chi connectivity index (χ1n) is 5.88. The number of nitrogens with zero attached hydrogens (tertiary/aromatic N) is 1. The number of aromatic nitrogens is 1.